The van der Waals surface area contributed by atoms with Gasteiger partial charge in [-0.3, -0.25) is 4.79 Å². The molecule has 1 aromatic carbocycles. The van der Waals surface area contributed by atoms with Gasteiger partial charge in [0.15, 0.2) is 11.6 Å². The first-order valence-corrected chi connectivity index (χ1v) is 13.5. The highest BCUT2D eigenvalue weighted by atomic mass is 16.5. The largest absolute Gasteiger partial charge is 0.490 e. The highest BCUT2D eigenvalue weighted by Crippen LogP contribution is 2.19. The number of esters is 1. The fraction of sp³-hybridized carbons (Fsp3) is 0.567. The summed E-state index contributed by atoms with van der Waals surface area (Å²) < 4.78 is 11.1. The van der Waals surface area contributed by atoms with Crippen molar-refractivity contribution >= 4 is 12.0 Å². The molecule has 1 unspecified atom stereocenters. The van der Waals surface area contributed by atoms with Gasteiger partial charge in [-0.05, 0) is 38.2 Å². The Morgan fingerprint density at radius 1 is 0.914 bits per heavy atom. The van der Waals surface area contributed by atoms with E-state index in [1.807, 2.05) is 26.0 Å². The molecule has 5 nitrogen and oxygen atoms in total. The molecule has 0 radical (unpaired) electrons. The van der Waals surface area contributed by atoms with Gasteiger partial charge in [-0.1, -0.05) is 95.2 Å². The predicted octanol–water partition coefficient (Wildman–Crippen LogP) is 8.19. The summed E-state index contributed by atoms with van der Waals surface area (Å²) >= 11 is 0. The first-order valence-electron chi connectivity index (χ1n) is 13.5. The van der Waals surface area contributed by atoms with Crippen LogP contribution in [0, 0.1) is 0 Å². The molecule has 0 N–H and O–H groups in total. The second-order valence-electron chi connectivity index (χ2n) is 9.18. The van der Waals surface area contributed by atoms with Gasteiger partial charge in [0.25, 0.3) is 0 Å². The molecule has 5 heteroatoms. The number of rotatable bonds is 18. The van der Waals surface area contributed by atoms with Crippen LogP contribution in [0.5, 0.6) is 5.75 Å². The van der Waals surface area contributed by atoms with E-state index in [-0.39, 0.29) is 12.1 Å². The van der Waals surface area contributed by atoms with E-state index in [1.54, 1.807) is 12.4 Å². The van der Waals surface area contributed by atoms with Crippen LogP contribution >= 0.6 is 0 Å². The van der Waals surface area contributed by atoms with Crippen LogP contribution in [0.3, 0.4) is 0 Å². The standard InChI is InChI=1S/C30H44N2O3/c1-4-6-7-8-9-10-11-15-22-34-28-23-31-30(32-24-28)27-20-18-26(19-21-27)17-14-12-13-16-25(3)35-29(33)5-2/h14,17-21,23-25H,4-13,15-16,22H2,1-3H3. The molecule has 1 aromatic heterocycles. The molecule has 0 fully saturated rings. The molecule has 2 aromatic rings. The Bertz CT molecular complexity index is 847. The lowest BCUT2D eigenvalue weighted by molar-refractivity contribution is -0.148. The first-order chi connectivity index (χ1) is 17.1. The van der Waals surface area contributed by atoms with E-state index < -0.39 is 0 Å². The van der Waals surface area contributed by atoms with Crippen LogP contribution < -0.4 is 4.74 Å². The zero-order valence-corrected chi connectivity index (χ0v) is 22.0. The first kappa shape index (κ1) is 28.5. The van der Waals surface area contributed by atoms with Crippen molar-refractivity contribution in [2.45, 2.75) is 104 Å². The van der Waals surface area contributed by atoms with Gasteiger partial charge in [0.1, 0.15) is 0 Å². The third-order valence-corrected chi connectivity index (χ3v) is 5.98. The Kier molecular flexibility index (Phi) is 14.4. The summed E-state index contributed by atoms with van der Waals surface area (Å²) in [7, 11) is 0. The molecule has 0 aliphatic carbocycles. The molecule has 1 atom stereocenters. The maximum Gasteiger partial charge on any atom is 0.305 e. The zero-order chi connectivity index (χ0) is 25.1. The van der Waals surface area contributed by atoms with E-state index in [0.717, 1.165) is 49.2 Å². The molecule has 2 rings (SSSR count). The Hall–Kier alpha value is -2.69. The summed E-state index contributed by atoms with van der Waals surface area (Å²) in [4.78, 5) is 20.2. The molecule has 35 heavy (non-hydrogen) atoms. The molecule has 0 saturated carbocycles. The van der Waals surface area contributed by atoms with Gasteiger partial charge in [-0.25, -0.2) is 9.97 Å². The van der Waals surface area contributed by atoms with Gasteiger partial charge >= 0.3 is 5.97 Å². The van der Waals surface area contributed by atoms with Crippen LogP contribution in [0.4, 0.5) is 0 Å². The zero-order valence-electron chi connectivity index (χ0n) is 22.0. The maximum absolute atomic E-state index is 11.3. The summed E-state index contributed by atoms with van der Waals surface area (Å²) in [5, 5.41) is 0. The predicted molar refractivity (Wildman–Crippen MR) is 144 cm³/mol. The molecule has 1 heterocycles. The Balaban J connectivity index is 1.65. The quantitative estimate of drug-likeness (QED) is 0.159. The van der Waals surface area contributed by atoms with Crippen molar-refractivity contribution in [2.24, 2.45) is 0 Å². The molecule has 0 spiro atoms. The molecule has 192 valence electrons. The van der Waals surface area contributed by atoms with Crippen LogP contribution in [0.25, 0.3) is 17.5 Å². The van der Waals surface area contributed by atoms with Gasteiger partial charge in [-0.2, -0.15) is 0 Å². The van der Waals surface area contributed by atoms with Crippen LogP contribution in [0.15, 0.2) is 42.7 Å². The topological polar surface area (TPSA) is 61.3 Å². The number of aromatic nitrogens is 2. The van der Waals surface area contributed by atoms with Crippen molar-refractivity contribution in [1.29, 1.82) is 0 Å². The van der Waals surface area contributed by atoms with Crippen molar-refractivity contribution in [3.63, 3.8) is 0 Å². The molecule has 0 bridgehead atoms. The van der Waals surface area contributed by atoms with Gasteiger partial charge in [0, 0.05) is 12.0 Å². The minimum Gasteiger partial charge on any atom is -0.490 e. The van der Waals surface area contributed by atoms with Gasteiger partial charge < -0.3 is 9.47 Å². The second-order valence-corrected chi connectivity index (χ2v) is 9.18. The lowest BCUT2D eigenvalue weighted by Gasteiger charge is -2.11. The summed E-state index contributed by atoms with van der Waals surface area (Å²) in [6, 6.07) is 8.24. The Morgan fingerprint density at radius 3 is 2.23 bits per heavy atom. The highest BCUT2D eigenvalue weighted by molar-refractivity contribution is 5.69. The summed E-state index contributed by atoms with van der Waals surface area (Å²) in [5.41, 5.74) is 2.13. The smallest absolute Gasteiger partial charge is 0.305 e. The minimum atomic E-state index is -0.127. The van der Waals surface area contributed by atoms with E-state index in [9.17, 15) is 4.79 Å². The van der Waals surface area contributed by atoms with Crippen molar-refractivity contribution in [3.8, 4) is 17.1 Å². The number of nitrogens with zero attached hydrogens (tertiary/aromatic N) is 2. The Labute approximate surface area is 212 Å². The summed E-state index contributed by atoms with van der Waals surface area (Å²) in [5.74, 6) is 1.31. The van der Waals surface area contributed by atoms with Gasteiger partial charge in [-0.15, -0.1) is 0 Å². The second kappa shape index (κ2) is 17.7. The van der Waals surface area contributed by atoms with Crippen LogP contribution in [-0.4, -0.2) is 28.6 Å². The molecular formula is C30H44N2O3. The third kappa shape index (κ3) is 12.5. The molecule has 0 amide bonds. The molecule has 0 saturated heterocycles. The van der Waals surface area contributed by atoms with Crippen LogP contribution in [0.2, 0.25) is 0 Å². The van der Waals surface area contributed by atoms with Crippen LogP contribution in [0.1, 0.15) is 103 Å². The number of ether oxygens (including phenoxy) is 2. The third-order valence-electron chi connectivity index (χ3n) is 5.98. The number of carbonyl (C=O) groups excluding carboxylic acids is 1. The number of allylic oxidation sites excluding steroid dienone is 1. The van der Waals surface area contributed by atoms with Crippen molar-refractivity contribution in [2.75, 3.05) is 6.61 Å². The SMILES string of the molecule is CCCCCCCCCCOc1cnc(-c2ccc(C=CCCCC(C)OC(=O)CC)cc2)nc1. The van der Waals surface area contributed by atoms with Gasteiger partial charge in [0.05, 0.1) is 25.1 Å². The number of unbranched alkanes of at least 4 members (excludes halogenated alkanes) is 8. The summed E-state index contributed by atoms with van der Waals surface area (Å²) in [6.45, 7) is 6.75. The highest BCUT2D eigenvalue weighted by Gasteiger charge is 2.06. The number of carbonyl (C=O) groups is 1. The normalized spacial score (nSPS) is 12.1. The lowest BCUT2D eigenvalue weighted by Crippen LogP contribution is -2.13. The fourth-order valence-corrected chi connectivity index (χ4v) is 3.82. The summed E-state index contributed by atoms with van der Waals surface area (Å²) in [6.07, 6.45) is 21.4. The minimum absolute atomic E-state index is 0.0166. The monoisotopic (exact) mass is 480 g/mol. The lowest BCUT2D eigenvalue weighted by atomic mass is 10.1. The molecular weight excluding hydrogens is 436 g/mol. The average Bonchev–Trinajstić information content (AvgIpc) is 2.88. The van der Waals surface area contributed by atoms with E-state index >= 15 is 0 Å². The number of hydrogen-bond acceptors (Lipinski definition) is 5. The maximum atomic E-state index is 11.3. The molecule has 0 aliphatic rings. The number of benzene rings is 1. The van der Waals surface area contributed by atoms with Crippen molar-refractivity contribution < 1.29 is 14.3 Å². The fourth-order valence-electron chi connectivity index (χ4n) is 3.82. The molecule has 0 aliphatic heterocycles. The van der Waals surface area contributed by atoms with E-state index in [2.05, 4.69) is 41.2 Å². The van der Waals surface area contributed by atoms with Crippen LogP contribution in [-0.2, 0) is 9.53 Å². The van der Waals surface area contributed by atoms with E-state index in [4.69, 9.17) is 9.47 Å². The Morgan fingerprint density at radius 2 is 1.57 bits per heavy atom. The van der Waals surface area contributed by atoms with Crippen molar-refractivity contribution in [1.82, 2.24) is 9.97 Å². The van der Waals surface area contributed by atoms with Crippen molar-refractivity contribution in [3.05, 3.63) is 48.3 Å². The average molecular weight is 481 g/mol. The van der Waals surface area contributed by atoms with E-state index in [1.165, 1.54) is 44.9 Å². The van der Waals surface area contributed by atoms with Gasteiger partial charge in [0.2, 0.25) is 0 Å². The van der Waals surface area contributed by atoms with E-state index in [0.29, 0.717) is 12.2 Å². The number of hydrogen-bond donors (Lipinski definition) is 0.